The number of nitrogens with zero attached hydrogens (tertiary/aromatic N) is 2. The zero-order valence-electron chi connectivity index (χ0n) is 18.8. The summed E-state index contributed by atoms with van der Waals surface area (Å²) in [5, 5.41) is 0.862. The number of ether oxygens (including phenoxy) is 1. The highest BCUT2D eigenvalue weighted by molar-refractivity contribution is 9.10. The summed E-state index contributed by atoms with van der Waals surface area (Å²) in [5.74, 6) is 0.0278. The molecule has 0 unspecified atom stereocenters. The number of fused-ring (bicyclic) bond motifs is 1. The number of pyridine rings is 1. The van der Waals surface area contributed by atoms with Gasteiger partial charge >= 0.3 is 0 Å². The van der Waals surface area contributed by atoms with Crippen LogP contribution in [0.25, 0.3) is 22.2 Å². The normalized spacial score (nSPS) is 19.6. The number of carbonyl (C=O) groups is 1. The summed E-state index contributed by atoms with van der Waals surface area (Å²) in [7, 11) is 0. The Balaban J connectivity index is 1.80. The van der Waals surface area contributed by atoms with Gasteiger partial charge in [0.25, 0.3) is 5.91 Å². The minimum Gasteiger partial charge on any atom is -0.372 e. The second-order valence-corrected chi connectivity index (χ2v) is 10.4. The molecule has 2 atom stereocenters. The van der Waals surface area contributed by atoms with E-state index in [1.165, 1.54) is 5.56 Å². The molecule has 2 heterocycles. The lowest BCUT2D eigenvalue weighted by Gasteiger charge is -2.35. The van der Waals surface area contributed by atoms with Crippen LogP contribution in [-0.4, -0.2) is 41.1 Å². The number of morpholine rings is 1. The molecule has 4 rings (SSSR count). The van der Waals surface area contributed by atoms with Crippen LogP contribution in [0.15, 0.2) is 53.0 Å². The highest BCUT2D eigenvalue weighted by atomic mass is 79.9. The number of hydrogen-bond acceptors (Lipinski definition) is 3. The summed E-state index contributed by atoms with van der Waals surface area (Å²) in [6, 6.07) is 16.3. The smallest absolute Gasteiger partial charge is 0.254 e. The topological polar surface area (TPSA) is 42.4 Å². The maximum absolute atomic E-state index is 13.6. The van der Waals surface area contributed by atoms with E-state index < -0.39 is 0 Å². The Labute approximate surface area is 192 Å². The molecule has 0 N–H and O–H groups in total. The summed E-state index contributed by atoms with van der Waals surface area (Å²) in [6.07, 6.45) is 0.0499. The van der Waals surface area contributed by atoms with Crippen molar-refractivity contribution in [1.82, 2.24) is 9.88 Å². The summed E-state index contributed by atoms with van der Waals surface area (Å²) in [6.45, 7) is 11.8. The molecule has 5 heteroatoms. The lowest BCUT2D eigenvalue weighted by atomic mass is 9.86. The number of aromatic nitrogens is 1. The van der Waals surface area contributed by atoms with Gasteiger partial charge in [0.1, 0.15) is 0 Å². The van der Waals surface area contributed by atoms with Crippen molar-refractivity contribution >= 4 is 32.7 Å². The van der Waals surface area contributed by atoms with Gasteiger partial charge in [-0.3, -0.25) is 4.79 Å². The summed E-state index contributed by atoms with van der Waals surface area (Å²) < 4.78 is 6.76. The largest absolute Gasteiger partial charge is 0.372 e. The fourth-order valence-electron chi connectivity index (χ4n) is 4.18. The molecule has 0 saturated carbocycles. The third-order valence-corrected chi connectivity index (χ3v) is 6.25. The molecule has 4 nitrogen and oxygen atoms in total. The molecule has 1 aliphatic heterocycles. The number of carbonyl (C=O) groups excluding carboxylic acids is 1. The van der Waals surface area contributed by atoms with Crippen molar-refractivity contribution in [2.75, 3.05) is 13.1 Å². The van der Waals surface area contributed by atoms with E-state index in [2.05, 4.69) is 61.0 Å². The molecule has 162 valence electrons. The SMILES string of the molecule is C[C@H]1CN(C(=O)c2cc(-c3ccc(C(C)(C)C)cc3)nc3ccc(Br)cc23)C[C@H](C)O1. The van der Waals surface area contributed by atoms with Crippen molar-refractivity contribution in [3.63, 3.8) is 0 Å². The summed E-state index contributed by atoms with van der Waals surface area (Å²) >= 11 is 3.55. The van der Waals surface area contributed by atoms with Crippen LogP contribution in [0.5, 0.6) is 0 Å². The molecule has 1 aliphatic rings. The molecule has 0 aliphatic carbocycles. The van der Waals surface area contributed by atoms with Gasteiger partial charge in [0, 0.05) is 28.5 Å². The van der Waals surface area contributed by atoms with E-state index in [0.29, 0.717) is 18.7 Å². The second kappa shape index (κ2) is 8.36. The lowest BCUT2D eigenvalue weighted by molar-refractivity contribution is -0.0585. The van der Waals surface area contributed by atoms with Crippen LogP contribution in [-0.2, 0) is 10.2 Å². The highest BCUT2D eigenvalue weighted by Gasteiger charge is 2.28. The van der Waals surface area contributed by atoms with Crippen LogP contribution < -0.4 is 0 Å². The first-order valence-electron chi connectivity index (χ1n) is 10.8. The summed E-state index contributed by atoms with van der Waals surface area (Å²) in [4.78, 5) is 20.4. The van der Waals surface area contributed by atoms with Crippen molar-refractivity contribution in [3.8, 4) is 11.3 Å². The van der Waals surface area contributed by atoms with E-state index >= 15 is 0 Å². The van der Waals surface area contributed by atoms with E-state index in [4.69, 9.17) is 9.72 Å². The molecule has 1 aromatic heterocycles. The number of rotatable bonds is 2. The van der Waals surface area contributed by atoms with Crippen LogP contribution >= 0.6 is 15.9 Å². The maximum atomic E-state index is 13.6. The monoisotopic (exact) mass is 480 g/mol. The van der Waals surface area contributed by atoms with E-state index in [0.717, 1.165) is 26.6 Å². The second-order valence-electron chi connectivity index (χ2n) is 9.51. The molecule has 1 fully saturated rings. The van der Waals surface area contributed by atoms with Crippen molar-refractivity contribution < 1.29 is 9.53 Å². The molecular formula is C26H29BrN2O2. The van der Waals surface area contributed by atoms with E-state index in [9.17, 15) is 4.79 Å². The van der Waals surface area contributed by atoms with Crippen LogP contribution in [0.2, 0.25) is 0 Å². The van der Waals surface area contributed by atoms with Gasteiger partial charge in [-0.1, -0.05) is 61.0 Å². The average molecular weight is 481 g/mol. The number of amides is 1. The zero-order valence-corrected chi connectivity index (χ0v) is 20.4. The zero-order chi connectivity index (χ0) is 22.3. The quantitative estimate of drug-likeness (QED) is 0.437. The predicted molar refractivity (Wildman–Crippen MR) is 129 cm³/mol. The van der Waals surface area contributed by atoms with Crippen molar-refractivity contribution in [2.45, 2.75) is 52.2 Å². The average Bonchev–Trinajstić information content (AvgIpc) is 2.71. The molecule has 3 aromatic rings. The molecular weight excluding hydrogens is 452 g/mol. The first-order valence-corrected chi connectivity index (χ1v) is 11.6. The number of benzene rings is 2. The van der Waals surface area contributed by atoms with Crippen LogP contribution in [0.4, 0.5) is 0 Å². The standard InChI is InChI=1S/C26H29BrN2O2/c1-16-14-29(15-17(2)31-16)25(30)22-13-24(28-23-11-10-20(27)12-21(22)23)18-6-8-19(9-7-18)26(3,4)5/h6-13,16-17H,14-15H2,1-5H3/t16-,17-/m0/s1. The van der Waals surface area contributed by atoms with Crippen LogP contribution in [0.3, 0.4) is 0 Å². The van der Waals surface area contributed by atoms with Crippen molar-refractivity contribution in [1.29, 1.82) is 0 Å². The third-order valence-electron chi connectivity index (χ3n) is 5.75. The first kappa shape index (κ1) is 22.0. The third kappa shape index (κ3) is 4.68. The Kier molecular flexibility index (Phi) is 5.93. The molecule has 1 amide bonds. The Morgan fingerprint density at radius 1 is 1.03 bits per heavy atom. The Morgan fingerprint density at radius 2 is 1.68 bits per heavy atom. The maximum Gasteiger partial charge on any atom is 0.254 e. The van der Waals surface area contributed by atoms with E-state index in [1.807, 2.05) is 43.0 Å². The van der Waals surface area contributed by atoms with Gasteiger partial charge in [-0.2, -0.15) is 0 Å². The van der Waals surface area contributed by atoms with Crippen molar-refractivity contribution in [2.24, 2.45) is 0 Å². The van der Waals surface area contributed by atoms with Crippen LogP contribution in [0, 0.1) is 0 Å². The van der Waals surface area contributed by atoms with Crippen molar-refractivity contribution in [3.05, 3.63) is 64.1 Å². The van der Waals surface area contributed by atoms with Gasteiger partial charge in [-0.25, -0.2) is 4.98 Å². The molecule has 0 bridgehead atoms. The van der Waals surface area contributed by atoms with Gasteiger partial charge < -0.3 is 9.64 Å². The minimum atomic E-state index is 0.0250. The number of halogens is 1. The van der Waals surface area contributed by atoms with Gasteiger partial charge in [0.05, 0.1) is 29.0 Å². The number of hydrogen-bond donors (Lipinski definition) is 0. The Hall–Kier alpha value is -2.24. The molecule has 1 saturated heterocycles. The van der Waals surface area contributed by atoms with Crippen LogP contribution in [0.1, 0.15) is 50.5 Å². The molecule has 2 aromatic carbocycles. The minimum absolute atomic E-state index is 0.0250. The predicted octanol–water partition coefficient (Wildman–Crippen LogP) is 6.21. The summed E-state index contributed by atoms with van der Waals surface area (Å²) in [5.41, 5.74) is 4.69. The van der Waals surface area contributed by atoms with Gasteiger partial charge in [-0.15, -0.1) is 0 Å². The fourth-order valence-corrected chi connectivity index (χ4v) is 4.54. The fraction of sp³-hybridized carbons (Fsp3) is 0.385. The van der Waals surface area contributed by atoms with Gasteiger partial charge in [0.15, 0.2) is 0 Å². The Bertz CT molecular complexity index is 1110. The van der Waals surface area contributed by atoms with E-state index in [1.54, 1.807) is 0 Å². The lowest BCUT2D eigenvalue weighted by Crippen LogP contribution is -2.48. The first-order chi connectivity index (χ1) is 14.6. The molecule has 0 radical (unpaired) electrons. The Morgan fingerprint density at radius 3 is 2.29 bits per heavy atom. The van der Waals surface area contributed by atoms with Gasteiger partial charge in [-0.05, 0) is 49.1 Å². The van der Waals surface area contributed by atoms with Gasteiger partial charge in [0.2, 0.25) is 0 Å². The molecule has 0 spiro atoms. The van der Waals surface area contributed by atoms with E-state index in [-0.39, 0.29) is 23.5 Å². The highest BCUT2D eigenvalue weighted by Crippen LogP contribution is 2.30. The molecule has 31 heavy (non-hydrogen) atoms.